The van der Waals surface area contributed by atoms with Crippen LogP contribution in [0.15, 0.2) is 18.2 Å². The highest BCUT2D eigenvalue weighted by molar-refractivity contribution is 6.13. The topological polar surface area (TPSA) is 84.2 Å². The van der Waals surface area contributed by atoms with Crippen molar-refractivity contribution in [2.75, 3.05) is 10.6 Å². The molecule has 0 saturated heterocycles. The van der Waals surface area contributed by atoms with Crippen LogP contribution in [0.2, 0.25) is 0 Å². The first-order chi connectivity index (χ1) is 8.63. The Balaban J connectivity index is 1.93. The number of hydrogen-bond acceptors (Lipinski definition) is 3. The van der Waals surface area contributed by atoms with Crippen molar-refractivity contribution < 1.29 is 9.59 Å². The van der Waals surface area contributed by atoms with Gasteiger partial charge in [-0.25, -0.2) is 0 Å². The maximum atomic E-state index is 11.5. The zero-order chi connectivity index (χ0) is 12.7. The van der Waals surface area contributed by atoms with Crippen molar-refractivity contribution in [2.45, 2.75) is 25.3 Å². The third-order valence-corrected chi connectivity index (χ3v) is 3.43. The van der Waals surface area contributed by atoms with Crippen LogP contribution in [0.1, 0.15) is 30.9 Å². The van der Waals surface area contributed by atoms with E-state index in [1.165, 1.54) is 12.8 Å². The number of carbonyl (C=O) groups is 2. The summed E-state index contributed by atoms with van der Waals surface area (Å²) in [6, 6.07) is 5.60. The van der Waals surface area contributed by atoms with Gasteiger partial charge in [-0.05, 0) is 36.5 Å². The van der Waals surface area contributed by atoms with E-state index in [1.54, 1.807) is 6.07 Å². The first-order valence-electron chi connectivity index (χ1n) is 6.13. The van der Waals surface area contributed by atoms with Crippen molar-refractivity contribution in [3.05, 3.63) is 23.8 Å². The van der Waals surface area contributed by atoms with Crippen LogP contribution in [-0.4, -0.2) is 11.8 Å². The number of nitrogens with one attached hydrogen (secondary N) is 2. The van der Waals surface area contributed by atoms with Gasteiger partial charge in [0.1, 0.15) is 6.42 Å². The van der Waals surface area contributed by atoms with Gasteiger partial charge in [0.2, 0.25) is 11.8 Å². The molecule has 0 spiro atoms. The summed E-state index contributed by atoms with van der Waals surface area (Å²) in [7, 11) is 0. The Kier molecular flexibility index (Phi) is 2.56. The van der Waals surface area contributed by atoms with Crippen molar-refractivity contribution >= 4 is 23.2 Å². The van der Waals surface area contributed by atoms with E-state index in [2.05, 4.69) is 10.6 Å². The summed E-state index contributed by atoms with van der Waals surface area (Å²) >= 11 is 0. The van der Waals surface area contributed by atoms with Crippen LogP contribution in [-0.2, 0) is 9.59 Å². The Morgan fingerprint density at radius 3 is 2.44 bits per heavy atom. The van der Waals surface area contributed by atoms with Gasteiger partial charge >= 0.3 is 0 Å². The summed E-state index contributed by atoms with van der Waals surface area (Å²) in [5.74, 6) is -0.0204. The molecule has 94 valence electrons. The number of anilines is 2. The van der Waals surface area contributed by atoms with Crippen LogP contribution in [0.25, 0.3) is 0 Å². The molecule has 1 fully saturated rings. The summed E-state index contributed by atoms with van der Waals surface area (Å²) in [5, 5.41) is 5.43. The van der Waals surface area contributed by atoms with E-state index in [4.69, 9.17) is 5.73 Å². The summed E-state index contributed by atoms with van der Waals surface area (Å²) in [6.45, 7) is 0. The lowest BCUT2D eigenvalue weighted by atomic mass is 10.0. The van der Waals surface area contributed by atoms with E-state index in [1.807, 2.05) is 12.1 Å². The maximum absolute atomic E-state index is 11.5. The van der Waals surface area contributed by atoms with E-state index in [0.717, 1.165) is 5.56 Å². The lowest BCUT2D eigenvalue weighted by Gasteiger charge is -2.14. The summed E-state index contributed by atoms with van der Waals surface area (Å²) in [4.78, 5) is 22.9. The number of rotatable bonds is 2. The van der Waals surface area contributed by atoms with Crippen molar-refractivity contribution in [1.29, 1.82) is 0 Å². The first kappa shape index (κ1) is 11.2. The zero-order valence-corrected chi connectivity index (χ0v) is 9.90. The second kappa shape index (κ2) is 4.10. The van der Waals surface area contributed by atoms with Crippen LogP contribution >= 0.6 is 0 Å². The summed E-state index contributed by atoms with van der Waals surface area (Å²) in [6.07, 6.45) is 2.20. The molecule has 0 bridgehead atoms. The molecule has 4 N–H and O–H groups in total. The Labute approximate surface area is 105 Å². The fourth-order valence-electron chi connectivity index (χ4n) is 2.24. The van der Waals surface area contributed by atoms with Gasteiger partial charge in [0, 0.05) is 6.04 Å². The highest BCUT2D eigenvalue weighted by atomic mass is 16.2. The minimum absolute atomic E-state index is 0.0196. The molecule has 1 aliphatic heterocycles. The molecule has 5 nitrogen and oxygen atoms in total. The van der Waals surface area contributed by atoms with Gasteiger partial charge in [-0.2, -0.15) is 0 Å². The lowest BCUT2D eigenvalue weighted by Crippen LogP contribution is -2.16. The van der Waals surface area contributed by atoms with Gasteiger partial charge in [0.15, 0.2) is 0 Å². The summed E-state index contributed by atoms with van der Waals surface area (Å²) < 4.78 is 0. The highest BCUT2D eigenvalue weighted by Gasteiger charge is 2.30. The molecule has 1 unspecified atom stereocenters. The summed E-state index contributed by atoms with van der Waals surface area (Å²) in [5.41, 5.74) is 8.42. The normalized spacial score (nSPS) is 20.5. The SMILES string of the molecule is NC(c1ccc2c(c1)NC(=O)CC(=O)N2)C1CC1. The first-order valence-corrected chi connectivity index (χ1v) is 6.13. The highest BCUT2D eigenvalue weighted by Crippen LogP contribution is 2.40. The molecule has 1 atom stereocenters. The Hall–Kier alpha value is -1.88. The standard InChI is InChI=1S/C13H15N3O2/c14-13(7-1-2-7)8-3-4-9-10(5-8)16-12(18)6-11(17)15-9/h3-5,7,13H,1-2,6,14H2,(H,15,17)(H,16,18). The minimum Gasteiger partial charge on any atom is -0.324 e. The number of nitrogens with two attached hydrogens (primary N) is 1. The predicted octanol–water partition coefficient (Wildman–Crippen LogP) is 1.38. The predicted molar refractivity (Wildman–Crippen MR) is 68.0 cm³/mol. The van der Waals surface area contributed by atoms with Crippen molar-refractivity contribution in [2.24, 2.45) is 11.7 Å². The smallest absolute Gasteiger partial charge is 0.233 e. The second-order valence-corrected chi connectivity index (χ2v) is 4.94. The fourth-order valence-corrected chi connectivity index (χ4v) is 2.24. The average molecular weight is 245 g/mol. The van der Waals surface area contributed by atoms with E-state index < -0.39 is 0 Å². The molecular formula is C13H15N3O2. The van der Waals surface area contributed by atoms with Crippen LogP contribution in [0.5, 0.6) is 0 Å². The third kappa shape index (κ3) is 2.09. The molecule has 0 aromatic heterocycles. The zero-order valence-electron chi connectivity index (χ0n) is 9.90. The van der Waals surface area contributed by atoms with Gasteiger partial charge in [0.05, 0.1) is 11.4 Å². The van der Waals surface area contributed by atoms with E-state index >= 15 is 0 Å². The van der Waals surface area contributed by atoms with Crippen LogP contribution < -0.4 is 16.4 Å². The maximum Gasteiger partial charge on any atom is 0.233 e. The molecular weight excluding hydrogens is 230 g/mol. The van der Waals surface area contributed by atoms with Gasteiger partial charge in [-0.15, -0.1) is 0 Å². The Morgan fingerprint density at radius 2 is 1.78 bits per heavy atom. The molecule has 2 aliphatic rings. The fraction of sp³-hybridized carbons (Fsp3) is 0.385. The number of benzene rings is 1. The average Bonchev–Trinajstić information content (AvgIpc) is 3.13. The van der Waals surface area contributed by atoms with Gasteiger partial charge in [-0.3, -0.25) is 9.59 Å². The van der Waals surface area contributed by atoms with Crippen molar-refractivity contribution in [3.8, 4) is 0 Å². The molecule has 2 amide bonds. The van der Waals surface area contributed by atoms with E-state index in [0.29, 0.717) is 17.3 Å². The van der Waals surface area contributed by atoms with Gasteiger partial charge in [-0.1, -0.05) is 6.07 Å². The molecule has 1 heterocycles. The quantitative estimate of drug-likeness (QED) is 0.688. The number of hydrogen-bond donors (Lipinski definition) is 3. The third-order valence-electron chi connectivity index (χ3n) is 3.43. The minimum atomic E-state index is -0.289. The Morgan fingerprint density at radius 1 is 1.11 bits per heavy atom. The number of carbonyl (C=O) groups excluding carboxylic acids is 2. The van der Waals surface area contributed by atoms with Crippen LogP contribution in [0.3, 0.4) is 0 Å². The largest absolute Gasteiger partial charge is 0.324 e. The number of fused-ring (bicyclic) bond motifs is 1. The molecule has 1 aromatic carbocycles. The monoisotopic (exact) mass is 245 g/mol. The molecule has 0 radical (unpaired) electrons. The Bertz CT molecular complexity index is 523. The molecule has 1 aromatic rings. The molecule has 1 saturated carbocycles. The molecule has 5 heteroatoms. The second-order valence-electron chi connectivity index (χ2n) is 4.94. The van der Waals surface area contributed by atoms with E-state index in [9.17, 15) is 9.59 Å². The van der Waals surface area contributed by atoms with Crippen LogP contribution in [0.4, 0.5) is 11.4 Å². The molecule has 18 heavy (non-hydrogen) atoms. The van der Waals surface area contributed by atoms with E-state index in [-0.39, 0.29) is 24.3 Å². The van der Waals surface area contributed by atoms with Crippen LogP contribution in [0, 0.1) is 5.92 Å². The van der Waals surface area contributed by atoms with Gasteiger partial charge < -0.3 is 16.4 Å². The lowest BCUT2D eigenvalue weighted by molar-refractivity contribution is -0.123. The molecule has 3 rings (SSSR count). The number of amides is 2. The van der Waals surface area contributed by atoms with Gasteiger partial charge in [0.25, 0.3) is 0 Å². The van der Waals surface area contributed by atoms with Crippen molar-refractivity contribution in [1.82, 2.24) is 0 Å². The molecule has 1 aliphatic carbocycles. The van der Waals surface area contributed by atoms with Crippen molar-refractivity contribution in [3.63, 3.8) is 0 Å².